The van der Waals surface area contributed by atoms with Gasteiger partial charge in [-0.25, -0.2) is 4.39 Å². The zero-order chi connectivity index (χ0) is 13.7. The summed E-state index contributed by atoms with van der Waals surface area (Å²) in [5.74, 6) is -0.522. The Morgan fingerprint density at radius 1 is 1.50 bits per heavy atom. The van der Waals surface area contributed by atoms with Crippen molar-refractivity contribution in [3.8, 4) is 0 Å². The van der Waals surface area contributed by atoms with E-state index in [0.717, 1.165) is 6.42 Å². The van der Waals surface area contributed by atoms with Gasteiger partial charge in [-0.3, -0.25) is 4.79 Å². The molecule has 2 unspecified atom stereocenters. The van der Waals surface area contributed by atoms with Gasteiger partial charge in [0, 0.05) is 5.25 Å². The highest BCUT2D eigenvalue weighted by atomic mass is 32.2. The summed E-state index contributed by atoms with van der Waals surface area (Å²) in [6, 6.07) is 3.95. The molecule has 0 aliphatic carbocycles. The molecule has 0 heterocycles. The van der Waals surface area contributed by atoms with Crippen molar-refractivity contribution in [2.24, 2.45) is 0 Å². The van der Waals surface area contributed by atoms with Gasteiger partial charge in [0.25, 0.3) is 0 Å². The molecule has 2 atom stereocenters. The van der Waals surface area contributed by atoms with E-state index in [0.29, 0.717) is 10.9 Å². The SMILES string of the molecule is CCC(C)SC(C)C(=O)Nc1ccc(F)cc1N. The van der Waals surface area contributed by atoms with E-state index in [1.807, 2.05) is 6.92 Å². The second-order valence-electron chi connectivity index (χ2n) is 4.22. The molecule has 0 saturated heterocycles. The number of benzene rings is 1. The predicted molar refractivity (Wildman–Crippen MR) is 76.2 cm³/mol. The van der Waals surface area contributed by atoms with Gasteiger partial charge in [-0.1, -0.05) is 13.8 Å². The van der Waals surface area contributed by atoms with Crippen LogP contribution in [-0.2, 0) is 4.79 Å². The second-order valence-corrected chi connectivity index (χ2v) is 6.00. The highest BCUT2D eigenvalue weighted by molar-refractivity contribution is 8.01. The van der Waals surface area contributed by atoms with Gasteiger partial charge in [0.2, 0.25) is 5.91 Å². The Kier molecular flexibility index (Phi) is 5.47. The molecule has 0 bridgehead atoms. The number of nitrogens with two attached hydrogens (primary N) is 1. The Bertz CT molecular complexity index is 425. The Hall–Kier alpha value is -1.23. The van der Waals surface area contributed by atoms with E-state index in [2.05, 4.69) is 19.2 Å². The molecule has 0 fully saturated rings. The van der Waals surface area contributed by atoms with Crippen LogP contribution >= 0.6 is 11.8 Å². The van der Waals surface area contributed by atoms with E-state index < -0.39 is 5.82 Å². The first kappa shape index (κ1) is 14.8. The van der Waals surface area contributed by atoms with E-state index in [1.54, 1.807) is 11.8 Å². The first-order chi connectivity index (χ1) is 8.43. The number of hydrogen-bond donors (Lipinski definition) is 2. The van der Waals surface area contributed by atoms with Crippen LogP contribution in [-0.4, -0.2) is 16.4 Å². The fourth-order valence-corrected chi connectivity index (χ4v) is 2.46. The normalized spacial score (nSPS) is 14.0. The summed E-state index contributed by atoms with van der Waals surface area (Å²) < 4.78 is 12.9. The minimum Gasteiger partial charge on any atom is -0.397 e. The molecule has 0 aromatic heterocycles. The molecule has 0 aliphatic rings. The van der Waals surface area contributed by atoms with Gasteiger partial charge in [-0.15, -0.1) is 11.8 Å². The van der Waals surface area contributed by atoms with Crippen LogP contribution in [0.15, 0.2) is 18.2 Å². The number of nitrogens with one attached hydrogen (secondary N) is 1. The maximum Gasteiger partial charge on any atom is 0.237 e. The van der Waals surface area contributed by atoms with Gasteiger partial charge in [0.1, 0.15) is 5.82 Å². The lowest BCUT2D eigenvalue weighted by Gasteiger charge is -2.16. The van der Waals surface area contributed by atoms with E-state index >= 15 is 0 Å². The molecule has 0 spiro atoms. The first-order valence-corrected chi connectivity index (χ1v) is 6.89. The zero-order valence-electron chi connectivity index (χ0n) is 10.9. The summed E-state index contributed by atoms with van der Waals surface area (Å²) >= 11 is 1.61. The van der Waals surface area contributed by atoms with E-state index in [1.165, 1.54) is 18.2 Å². The number of rotatable bonds is 5. The molecule has 1 aromatic rings. The maximum absolute atomic E-state index is 12.9. The van der Waals surface area contributed by atoms with Crippen molar-refractivity contribution in [1.82, 2.24) is 0 Å². The van der Waals surface area contributed by atoms with Crippen molar-refractivity contribution in [2.75, 3.05) is 11.1 Å². The van der Waals surface area contributed by atoms with Crippen LogP contribution in [0.3, 0.4) is 0 Å². The topological polar surface area (TPSA) is 55.1 Å². The highest BCUT2D eigenvalue weighted by Gasteiger charge is 2.17. The van der Waals surface area contributed by atoms with E-state index in [4.69, 9.17) is 5.73 Å². The molecule has 1 aromatic carbocycles. The molecule has 3 N–H and O–H groups in total. The number of amides is 1. The third-order valence-electron chi connectivity index (χ3n) is 2.65. The smallest absolute Gasteiger partial charge is 0.237 e. The highest BCUT2D eigenvalue weighted by Crippen LogP contribution is 2.23. The molecular weight excluding hydrogens is 251 g/mol. The van der Waals surface area contributed by atoms with Crippen molar-refractivity contribution in [3.63, 3.8) is 0 Å². The van der Waals surface area contributed by atoms with Crippen LogP contribution in [0.5, 0.6) is 0 Å². The third kappa shape index (κ3) is 4.22. The number of nitrogen functional groups attached to an aromatic ring is 1. The maximum atomic E-state index is 12.9. The number of carbonyl (C=O) groups is 1. The van der Waals surface area contributed by atoms with Gasteiger partial charge in [0.05, 0.1) is 16.6 Å². The number of carbonyl (C=O) groups excluding carboxylic acids is 1. The van der Waals surface area contributed by atoms with Crippen LogP contribution in [0.25, 0.3) is 0 Å². The molecule has 18 heavy (non-hydrogen) atoms. The average Bonchev–Trinajstić information content (AvgIpc) is 2.32. The second kappa shape index (κ2) is 6.64. The zero-order valence-corrected chi connectivity index (χ0v) is 11.7. The van der Waals surface area contributed by atoms with Gasteiger partial charge in [0.15, 0.2) is 0 Å². The van der Waals surface area contributed by atoms with Crippen molar-refractivity contribution >= 4 is 29.0 Å². The molecule has 3 nitrogen and oxygen atoms in total. The minimum atomic E-state index is -0.410. The lowest BCUT2D eigenvalue weighted by atomic mass is 10.2. The minimum absolute atomic E-state index is 0.112. The van der Waals surface area contributed by atoms with Crippen molar-refractivity contribution in [3.05, 3.63) is 24.0 Å². The first-order valence-electron chi connectivity index (χ1n) is 5.95. The van der Waals surface area contributed by atoms with Crippen molar-refractivity contribution in [2.45, 2.75) is 37.7 Å². The molecule has 0 saturated carbocycles. The standard InChI is InChI=1S/C13H19FN2OS/c1-4-8(2)18-9(3)13(17)16-12-6-5-10(14)7-11(12)15/h5-9H,4,15H2,1-3H3,(H,16,17). The van der Waals surface area contributed by atoms with Gasteiger partial charge >= 0.3 is 0 Å². The van der Waals surface area contributed by atoms with Crippen molar-refractivity contribution < 1.29 is 9.18 Å². The molecule has 1 amide bonds. The Morgan fingerprint density at radius 2 is 2.17 bits per heavy atom. The van der Waals surface area contributed by atoms with Crippen molar-refractivity contribution in [1.29, 1.82) is 0 Å². The third-order valence-corrected chi connectivity index (χ3v) is 4.07. The van der Waals surface area contributed by atoms with Crippen LogP contribution in [0.1, 0.15) is 27.2 Å². The van der Waals surface area contributed by atoms with Gasteiger partial charge < -0.3 is 11.1 Å². The number of thioether (sulfide) groups is 1. The molecule has 5 heteroatoms. The number of hydrogen-bond acceptors (Lipinski definition) is 3. The van der Waals surface area contributed by atoms with Crippen LogP contribution in [0, 0.1) is 5.82 Å². The molecule has 1 rings (SSSR count). The lowest BCUT2D eigenvalue weighted by Crippen LogP contribution is -2.24. The molecule has 100 valence electrons. The Labute approximate surface area is 111 Å². The predicted octanol–water partition coefficient (Wildman–Crippen LogP) is 3.27. The number of anilines is 2. The summed E-state index contributed by atoms with van der Waals surface area (Å²) in [6.07, 6.45) is 1.01. The van der Waals surface area contributed by atoms with E-state index in [9.17, 15) is 9.18 Å². The van der Waals surface area contributed by atoms with E-state index in [-0.39, 0.29) is 16.8 Å². The Morgan fingerprint density at radius 3 is 2.72 bits per heavy atom. The average molecular weight is 270 g/mol. The summed E-state index contributed by atoms with van der Waals surface area (Å²) in [7, 11) is 0. The summed E-state index contributed by atoms with van der Waals surface area (Å²) in [4.78, 5) is 11.9. The monoisotopic (exact) mass is 270 g/mol. The summed E-state index contributed by atoms with van der Waals surface area (Å²) in [6.45, 7) is 6.02. The largest absolute Gasteiger partial charge is 0.397 e. The van der Waals surface area contributed by atoms with Crippen LogP contribution in [0.4, 0.5) is 15.8 Å². The Balaban J connectivity index is 2.64. The quantitative estimate of drug-likeness (QED) is 0.807. The summed E-state index contributed by atoms with van der Waals surface area (Å²) in [5, 5.41) is 2.98. The van der Waals surface area contributed by atoms with Gasteiger partial charge in [-0.05, 0) is 31.5 Å². The fraction of sp³-hybridized carbons (Fsp3) is 0.462. The molecule has 0 radical (unpaired) electrons. The van der Waals surface area contributed by atoms with Crippen LogP contribution in [0.2, 0.25) is 0 Å². The van der Waals surface area contributed by atoms with Crippen LogP contribution < -0.4 is 11.1 Å². The number of halogens is 1. The van der Waals surface area contributed by atoms with Gasteiger partial charge in [-0.2, -0.15) is 0 Å². The summed E-state index contributed by atoms with van der Waals surface area (Å²) in [5.41, 5.74) is 6.33. The molecular formula is C13H19FN2OS. The lowest BCUT2D eigenvalue weighted by molar-refractivity contribution is -0.115. The fourth-order valence-electron chi connectivity index (χ4n) is 1.39. The molecule has 0 aliphatic heterocycles.